The maximum atomic E-state index is 5.85. The second kappa shape index (κ2) is 6.41. The minimum absolute atomic E-state index is 0.505. The van der Waals surface area contributed by atoms with E-state index in [2.05, 4.69) is 31.9 Å². The Morgan fingerprint density at radius 1 is 1.00 bits per heavy atom. The van der Waals surface area contributed by atoms with Gasteiger partial charge in [0.2, 0.25) is 0 Å². The second-order valence-corrected chi connectivity index (χ2v) is 5.58. The molecule has 0 amide bonds. The molecule has 5 heteroatoms. The summed E-state index contributed by atoms with van der Waals surface area (Å²) in [5.41, 5.74) is 6.64. The zero-order valence-electron chi connectivity index (χ0n) is 10.3. The van der Waals surface area contributed by atoms with Gasteiger partial charge in [-0.05, 0) is 67.8 Å². The largest absolute Gasteiger partial charge is 0.497 e. The van der Waals surface area contributed by atoms with Crippen LogP contribution in [0.1, 0.15) is 5.56 Å². The molecule has 0 fully saturated rings. The highest BCUT2D eigenvalue weighted by molar-refractivity contribution is 9.11. The third-order valence-electron chi connectivity index (χ3n) is 2.59. The monoisotopic (exact) mass is 385 g/mol. The third kappa shape index (κ3) is 3.49. The van der Waals surface area contributed by atoms with Gasteiger partial charge in [0.05, 0.1) is 16.1 Å². The first-order valence-electron chi connectivity index (χ1n) is 5.64. The molecule has 0 unspecified atom stereocenters. The van der Waals surface area contributed by atoms with Gasteiger partial charge in [-0.25, -0.2) is 0 Å². The summed E-state index contributed by atoms with van der Waals surface area (Å²) in [6, 6.07) is 11.3. The number of benzene rings is 2. The number of halogens is 2. The molecule has 0 aromatic heterocycles. The third-order valence-corrected chi connectivity index (χ3v) is 3.83. The molecule has 0 saturated heterocycles. The van der Waals surface area contributed by atoms with Crippen LogP contribution in [0.2, 0.25) is 0 Å². The maximum absolute atomic E-state index is 5.85. The normalized spacial score (nSPS) is 10.3. The summed E-state index contributed by atoms with van der Waals surface area (Å²) in [7, 11) is 1.63. The molecule has 0 atom stereocenters. The highest BCUT2D eigenvalue weighted by Gasteiger charge is 2.07. The minimum atomic E-state index is 0.505. The first-order chi connectivity index (χ1) is 9.13. The molecular weight excluding hydrogens is 374 g/mol. The summed E-state index contributed by atoms with van der Waals surface area (Å²) in [5, 5.41) is 0. The van der Waals surface area contributed by atoms with Crippen LogP contribution >= 0.6 is 31.9 Å². The van der Waals surface area contributed by atoms with E-state index in [9.17, 15) is 0 Å². The fourth-order valence-electron chi connectivity index (χ4n) is 1.56. The summed E-state index contributed by atoms with van der Waals surface area (Å²) < 4.78 is 12.7. The van der Waals surface area contributed by atoms with Gasteiger partial charge in [0.25, 0.3) is 0 Å². The Morgan fingerprint density at radius 2 is 1.63 bits per heavy atom. The van der Waals surface area contributed by atoms with Gasteiger partial charge in [0.15, 0.2) is 0 Å². The van der Waals surface area contributed by atoms with Gasteiger partial charge >= 0.3 is 0 Å². The van der Waals surface area contributed by atoms with Crippen molar-refractivity contribution in [1.82, 2.24) is 0 Å². The zero-order chi connectivity index (χ0) is 13.8. The van der Waals surface area contributed by atoms with E-state index in [0.717, 1.165) is 31.8 Å². The van der Waals surface area contributed by atoms with Crippen molar-refractivity contribution >= 4 is 31.9 Å². The van der Waals surface area contributed by atoms with Gasteiger partial charge in [-0.3, -0.25) is 0 Å². The van der Waals surface area contributed by atoms with E-state index in [-0.39, 0.29) is 0 Å². The first-order valence-corrected chi connectivity index (χ1v) is 7.22. The highest BCUT2D eigenvalue weighted by Crippen LogP contribution is 2.36. The van der Waals surface area contributed by atoms with Crippen molar-refractivity contribution in [2.75, 3.05) is 7.11 Å². The topological polar surface area (TPSA) is 44.5 Å². The van der Waals surface area contributed by atoms with Crippen LogP contribution in [-0.4, -0.2) is 7.11 Å². The molecule has 2 aromatic rings. The smallest absolute Gasteiger partial charge is 0.141 e. The predicted molar refractivity (Wildman–Crippen MR) is 82.8 cm³/mol. The second-order valence-electron chi connectivity index (χ2n) is 3.87. The molecule has 2 rings (SSSR count). The number of methoxy groups -OCH3 is 1. The van der Waals surface area contributed by atoms with Crippen LogP contribution in [0.4, 0.5) is 0 Å². The van der Waals surface area contributed by atoms with E-state index in [1.165, 1.54) is 0 Å². The summed E-state index contributed by atoms with van der Waals surface area (Å²) in [5.74, 6) is 2.24. The van der Waals surface area contributed by atoms with E-state index < -0.39 is 0 Å². The Morgan fingerprint density at radius 3 is 2.16 bits per heavy atom. The number of hydrogen-bond acceptors (Lipinski definition) is 3. The van der Waals surface area contributed by atoms with Gasteiger partial charge < -0.3 is 15.2 Å². The Kier molecular flexibility index (Phi) is 4.85. The van der Waals surface area contributed by atoms with Gasteiger partial charge in [0, 0.05) is 6.54 Å². The minimum Gasteiger partial charge on any atom is -0.497 e. The van der Waals surface area contributed by atoms with Crippen molar-refractivity contribution in [2.45, 2.75) is 6.54 Å². The number of nitrogens with two attached hydrogens (primary N) is 1. The highest BCUT2D eigenvalue weighted by atomic mass is 79.9. The summed E-state index contributed by atoms with van der Waals surface area (Å²) in [6.45, 7) is 0.505. The fraction of sp³-hybridized carbons (Fsp3) is 0.143. The Labute approximate surface area is 129 Å². The van der Waals surface area contributed by atoms with Crippen molar-refractivity contribution in [3.8, 4) is 17.2 Å². The average molecular weight is 387 g/mol. The lowest BCUT2D eigenvalue weighted by molar-refractivity contribution is 0.412. The van der Waals surface area contributed by atoms with Crippen LogP contribution < -0.4 is 15.2 Å². The van der Waals surface area contributed by atoms with Crippen LogP contribution in [0, 0.1) is 0 Å². The van der Waals surface area contributed by atoms with Crippen LogP contribution in [0.25, 0.3) is 0 Å². The van der Waals surface area contributed by atoms with Crippen LogP contribution in [0.3, 0.4) is 0 Å². The standard InChI is InChI=1S/C14H13Br2NO2/c1-18-10-3-5-14(12(16)7-10)19-13-4-2-9(8-17)6-11(13)15/h2-7H,8,17H2,1H3. The van der Waals surface area contributed by atoms with Crippen molar-refractivity contribution in [3.05, 3.63) is 50.9 Å². The summed E-state index contributed by atoms with van der Waals surface area (Å²) in [6.07, 6.45) is 0. The van der Waals surface area contributed by atoms with Crippen molar-refractivity contribution in [1.29, 1.82) is 0 Å². The van der Waals surface area contributed by atoms with Crippen LogP contribution in [0.5, 0.6) is 17.2 Å². The molecule has 0 radical (unpaired) electrons. The lowest BCUT2D eigenvalue weighted by Gasteiger charge is -2.11. The molecule has 100 valence electrons. The lowest BCUT2D eigenvalue weighted by Crippen LogP contribution is -1.96. The Balaban J connectivity index is 2.26. The lowest BCUT2D eigenvalue weighted by atomic mass is 10.2. The van der Waals surface area contributed by atoms with Gasteiger partial charge in [-0.15, -0.1) is 0 Å². The van der Waals surface area contributed by atoms with E-state index in [1.807, 2.05) is 36.4 Å². The summed E-state index contributed by atoms with van der Waals surface area (Å²) >= 11 is 6.94. The average Bonchev–Trinajstić information content (AvgIpc) is 2.42. The summed E-state index contributed by atoms with van der Waals surface area (Å²) in [4.78, 5) is 0. The molecule has 0 saturated carbocycles. The Hall–Kier alpha value is -1.04. The van der Waals surface area contributed by atoms with Crippen LogP contribution in [-0.2, 0) is 6.54 Å². The number of ether oxygens (including phenoxy) is 2. The molecule has 0 aliphatic rings. The molecule has 2 aromatic carbocycles. The molecular formula is C14H13Br2NO2. The SMILES string of the molecule is COc1ccc(Oc2ccc(CN)cc2Br)c(Br)c1. The van der Waals surface area contributed by atoms with E-state index in [1.54, 1.807) is 7.11 Å². The van der Waals surface area contributed by atoms with E-state index >= 15 is 0 Å². The van der Waals surface area contributed by atoms with Crippen molar-refractivity contribution in [3.63, 3.8) is 0 Å². The molecule has 19 heavy (non-hydrogen) atoms. The molecule has 0 aliphatic carbocycles. The van der Waals surface area contributed by atoms with Gasteiger partial charge in [0.1, 0.15) is 17.2 Å². The predicted octanol–water partition coefficient (Wildman–Crippen LogP) is 4.47. The molecule has 2 N–H and O–H groups in total. The molecule has 0 heterocycles. The molecule has 0 bridgehead atoms. The van der Waals surface area contributed by atoms with Crippen LogP contribution in [0.15, 0.2) is 45.3 Å². The van der Waals surface area contributed by atoms with Gasteiger partial charge in [-0.2, -0.15) is 0 Å². The molecule has 3 nitrogen and oxygen atoms in total. The number of hydrogen-bond donors (Lipinski definition) is 1. The molecule has 0 aliphatic heterocycles. The van der Waals surface area contributed by atoms with Gasteiger partial charge in [-0.1, -0.05) is 6.07 Å². The fourth-order valence-corrected chi connectivity index (χ4v) is 2.51. The van der Waals surface area contributed by atoms with E-state index in [0.29, 0.717) is 6.54 Å². The first kappa shape index (κ1) is 14.4. The van der Waals surface area contributed by atoms with Crippen molar-refractivity contribution < 1.29 is 9.47 Å². The molecule has 0 spiro atoms. The van der Waals surface area contributed by atoms with E-state index in [4.69, 9.17) is 15.2 Å². The van der Waals surface area contributed by atoms with Crippen molar-refractivity contribution in [2.24, 2.45) is 5.73 Å². The number of rotatable bonds is 4. The Bertz CT molecular complexity index is 536. The maximum Gasteiger partial charge on any atom is 0.141 e. The zero-order valence-corrected chi connectivity index (χ0v) is 13.5. The quantitative estimate of drug-likeness (QED) is 0.842.